The van der Waals surface area contributed by atoms with E-state index in [1.165, 1.54) is 0 Å². The van der Waals surface area contributed by atoms with Gasteiger partial charge in [0.25, 0.3) is 0 Å². The molecule has 0 aliphatic heterocycles. The molecule has 1 heterocycles. The van der Waals surface area contributed by atoms with Gasteiger partial charge in [-0.25, -0.2) is 4.79 Å². The Morgan fingerprint density at radius 2 is 1.95 bits per heavy atom. The summed E-state index contributed by atoms with van der Waals surface area (Å²) in [7, 11) is 0. The van der Waals surface area contributed by atoms with Gasteiger partial charge in [-0.2, -0.15) is 4.98 Å². The zero-order valence-corrected chi connectivity index (χ0v) is 13.3. The van der Waals surface area contributed by atoms with Crippen LogP contribution >= 0.6 is 0 Å². The smallest absolute Gasteiger partial charge is 0.348 e. The molecule has 0 atom stereocenters. The van der Waals surface area contributed by atoms with E-state index in [1.54, 1.807) is 18.4 Å². The summed E-state index contributed by atoms with van der Waals surface area (Å²) < 4.78 is 1.59. The van der Waals surface area contributed by atoms with Crippen LogP contribution in [-0.2, 0) is 17.8 Å². The van der Waals surface area contributed by atoms with Gasteiger partial charge in [-0.3, -0.25) is 9.36 Å². The van der Waals surface area contributed by atoms with E-state index >= 15 is 0 Å². The van der Waals surface area contributed by atoms with Crippen molar-refractivity contribution < 1.29 is 9.90 Å². The molecule has 118 valence electrons. The SMILES string of the molecule is CCCN(CC)CCn1c(C)c(CC(=O)O)c(C)nc1=O. The number of carboxylic acid groups (broad SMARTS) is 1. The number of aromatic nitrogens is 2. The van der Waals surface area contributed by atoms with Crippen molar-refractivity contribution in [2.24, 2.45) is 0 Å². The summed E-state index contributed by atoms with van der Waals surface area (Å²) in [5, 5.41) is 8.98. The van der Waals surface area contributed by atoms with E-state index in [-0.39, 0.29) is 12.1 Å². The minimum absolute atomic E-state index is 0.0998. The Balaban J connectivity index is 3.01. The van der Waals surface area contributed by atoms with Crippen molar-refractivity contribution in [3.05, 3.63) is 27.4 Å². The molecular formula is C15H25N3O3. The molecule has 21 heavy (non-hydrogen) atoms. The van der Waals surface area contributed by atoms with Gasteiger partial charge in [0, 0.05) is 30.0 Å². The number of hydrogen-bond acceptors (Lipinski definition) is 4. The summed E-state index contributed by atoms with van der Waals surface area (Å²) in [6, 6.07) is 0. The van der Waals surface area contributed by atoms with Gasteiger partial charge >= 0.3 is 11.7 Å². The van der Waals surface area contributed by atoms with Crippen LogP contribution < -0.4 is 5.69 Å². The number of rotatable bonds is 8. The molecule has 0 aromatic carbocycles. The first-order chi connectivity index (χ1) is 9.90. The Labute approximate surface area is 125 Å². The van der Waals surface area contributed by atoms with Gasteiger partial charge in [0.05, 0.1) is 6.42 Å². The maximum atomic E-state index is 12.0. The Morgan fingerprint density at radius 1 is 1.29 bits per heavy atom. The summed E-state index contributed by atoms with van der Waals surface area (Å²) in [6.45, 7) is 10.9. The fraction of sp³-hybridized carbons (Fsp3) is 0.667. The fourth-order valence-electron chi connectivity index (χ4n) is 2.50. The molecule has 0 aliphatic rings. The summed E-state index contributed by atoms with van der Waals surface area (Å²) in [4.78, 5) is 29.2. The molecule has 1 aromatic heterocycles. The lowest BCUT2D eigenvalue weighted by molar-refractivity contribution is -0.136. The third-order valence-corrected chi connectivity index (χ3v) is 3.73. The Hall–Kier alpha value is -1.69. The number of likely N-dealkylation sites (N-methyl/N-ethyl adjacent to an activating group) is 1. The average molecular weight is 295 g/mol. The highest BCUT2D eigenvalue weighted by molar-refractivity contribution is 5.70. The molecule has 0 aliphatic carbocycles. The molecular weight excluding hydrogens is 270 g/mol. The molecule has 0 spiro atoms. The van der Waals surface area contributed by atoms with E-state index in [2.05, 4.69) is 23.7 Å². The topological polar surface area (TPSA) is 75.4 Å². The first-order valence-electron chi connectivity index (χ1n) is 7.41. The molecule has 1 rings (SSSR count). The van der Waals surface area contributed by atoms with Gasteiger partial charge in [-0.1, -0.05) is 13.8 Å². The first-order valence-corrected chi connectivity index (χ1v) is 7.41. The van der Waals surface area contributed by atoms with Gasteiger partial charge < -0.3 is 10.0 Å². The molecule has 6 heteroatoms. The fourth-order valence-corrected chi connectivity index (χ4v) is 2.50. The van der Waals surface area contributed by atoms with Crippen molar-refractivity contribution in [1.82, 2.24) is 14.5 Å². The van der Waals surface area contributed by atoms with E-state index in [0.717, 1.165) is 26.1 Å². The number of aliphatic carboxylic acids is 1. The summed E-state index contributed by atoms with van der Waals surface area (Å²) in [5.41, 5.74) is 1.56. The normalized spacial score (nSPS) is 11.1. The lowest BCUT2D eigenvalue weighted by atomic mass is 10.1. The summed E-state index contributed by atoms with van der Waals surface area (Å²) >= 11 is 0. The number of hydrogen-bond donors (Lipinski definition) is 1. The zero-order chi connectivity index (χ0) is 16.0. The predicted molar refractivity (Wildman–Crippen MR) is 81.7 cm³/mol. The number of carbonyl (C=O) groups is 1. The summed E-state index contributed by atoms with van der Waals surface area (Å²) in [6.07, 6.45) is 0.968. The maximum Gasteiger partial charge on any atom is 0.348 e. The Bertz CT molecular complexity index is 552. The molecule has 0 fully saturated rings. The zero-order valence-electron chi connectivity index (χ0n) is 13.3. The molecule has 0 radical (unpaired) electrons. The van der Waals surface area contributed by atoms with Crippen LogP contribution in [0, 0.1) is 13.8 Å². The third kappa shape index (κ3) is 4.67. The lowest BCUT2D eigenvalue weighted by Gasteiger charge is -2.21. The van der Waals surface area contributed by atoms with E-state index in [9.17, 15) is 9.59 Å². The van der Waals surface area contributed by atoms with Crippen LogP contribution in [0.2, 0.25) is 0 Å². The molecule has 0 saturated heterocycles. The van der Waals surface area contributed by atoms with Gasteiger partial charge in [0.2, 0.25) is 0 Å². The second kappa shape index (κ2) is 7.93. The van der Waals surface area contributed by atoms with Crippen molar-refractivity contribution >= 4 is 5.97 Å². The third-order valence-electron chi connectivity index (χ3n) is 3.73. The van der Waals surface area contributed by atoms with E-state index in [4.69, 9.17) is 5.11 Å². The largest absolute Gasteiger partial charge is 0.481 e. The highest BCUT2D eigenvalue weighted by Crippen LogP contribution is 2.10. The number of carboxylic acids is 1. The second-order valence-corrected chi connectivity index (χ2v) is 5.20. The minimum Gasteiger partial charge on any atom is -0.481 e. The van der Waals surface area contributed by atoms with E-state index in [0.29, 0.717) is 23.5 Å². The van der Waals surface area contributed by atoms with Crippen LogP contribution in [0.5, 0.6) is 0 Å². The molecule has 0 saturated carbocycles. The van der Waals surface area contributed by atoms with Crippen LogP contribution in [-0.4, -0.2) is 45.2 Å². The standard InChI is InChI=1S/C15H25N3O3/c1-5-7-17(6-2)8-9-18-12(4)13(10-14(19)20)11(3)16-15(18)21/h5-10H2,1-4H3,(H,19,20). The number of aryl methyl sites for hydroxylation is 1. The molecule has 6 nitrogen and oxygen atoms in total. The Kier molecular flexibility index (Phi) is 6.55. The quantitative estimate of drug-likeness (QED) is 0.780. The lowest BCUT2D eigenvalue weighted by Crippen LogP contribution is -2.34. The maximum absolute atomic E-state index is 12.0. The van der Waals surface area contributed by atoms with Gasteiger partial charge in [0.15, 0.2) is 0 Å². The second-order valence-electron chi connectivity index (χ2n) is 5.20. The van der Waals surface area contributed by atoms with Crippen molar-refractivity contribution in [2.75, 3.05) is 19.6 Å². The molecule has 1 N–H and O–H groups in total. The van der Waals surface area contributed by atoms with Crippen molar-refractivity contribution in [3.8, 4) is 0 Å². The van der Waals surface area contributed by atoms with Gasteiger partial charge in [-0.05, 0) is 33.4 Å². The van der Waals surface area contributed by atoms with Crippen molar-refractivity contribution in [3.63, 3.8) is 0 Å². The predicted octanol–water partition coefficient (Wildman–Crippen LogP) is 1.22. The average Bonchev–Trinajstić information content (AvgIpc) is 2.41. The van der Waals surface area contributed by atoms with Crippen LogP contribution in [0.15, 0.2) is 4.79 Å². The highest BCUT2D eigenvalue weighted by atomic mass is 16.4. The first kappa shape index (κ1) is 17.4. The minimum atomic E-state index is -0.908. The monoisotopic (exact) mass is 295 g/mol. The number of nitrogens with zero attached hydrogens (tertiary/aromatic N) is 3. The van der Waals surface area contributed by atoms with E-state index in [1.807, 2.05) is 0 Å². The molecule has 0 amide bonds. The van der Waals surface area contributed by atoms with Crippen LogP contribution in [0.1, 0.15) is 37.2 Å². The van der Waals surface area contributed by atoms with Crippen molar-refractivity contribution in [1.29, 1.82) is 0 Å². The highest BCUT2D eigenvalue weighted by Gasteiger charge is 2.14. The van der Waals surface area contributed by atoms with Crippen LogP contribution in [0.25, 0.3) is 0 Å². The molecule has 0 unspecified atom stereocenters. The van der Waals surface area contributed by atoms with Gasteiger partial charge in [0.1, 0.15) is 0 Å². The van der Waals surface area contributed by atoms with Crippen molar-refractivity contribution in [2.45, 2.75) is 47.1 Å². The molecule has 0 bridgehead atoms. The Morgan fingerprint density at radius 3 is 2.48 bits per heavy atom. The summed E-state index contributed by atoms with van der Waals surface area (Å²) in [5.74, 6) is -0.908. The van der Waals surface area contributed by atoms with Crippen LogP contribution in [0.4, 0.5) is 0 Å². The van der Waals surface area contributed by atoms with E-state index < -0.39 is 5.97 Å². The van der Waals surface area contributed by atoms with Gasteiger partial charge in [-0.15, -0.1) is 0 Å². The van der Waals surface area contributed by atoms with Crippen LogP contribution in [0.3, 0.4) is 0 Å². The molecule has 1 aromatic rings.